The molecule has 2 atom stereocenters. The summed E-state index contributed by atoms with van der Waals surface area (Å²) in [4.78, 5) is 2.46. The molecule has 1 saturated heterocycles. The van der Waals surface area contributed by atoms with Crippen LogP contribution in [0.15, 0.2) is 0 Å². The Balaban J connectivity index is 1.77. The highest BCUT2D eigenvalue weighted by atomic mass is 15.1. The van der Waals surface area contributed by atoms with Crippen LogP contribution >= 0.6 is 0 Å². The summed E-state index contributed by atoms with van der Waals surface area (Å²) in [5, 5.41) is 3.89. The summed E-state index contributed by atoms with van der Waals surface area (Å²) < 4.78 is 0. The molecular formula is C15H30N2. The van der Waals surface area contributed by atoms with Gasteiger partial charge in [-0.05, 0) is 57.2 Å². The quantitative estimate of drug-likeness (QED) is 0.810. The summed E-state index contributed by atoms with van der Waals surface area (Å²) in [5.41, 5.74) is 0.549. The molecule has 0 aromatic rings. The molecule has 1 N–H and O–H groups in total. The van der Waals surface area contributed by atoms with Gasteiger partial charge in [0.2, 0.25) is 0 Å². The van der Waals surface area contributed by atoms with Crippen molar-refractivity contribution in [2.45, 2.75) is 58.4 Å². The monoisotopic (exact) mass is 238 g/mol. The van der Waals surface area contributed by atoms with Gasteiger partial charge >= 0.3 is 0 Å². The van der Waals surface area contributed by atoms with Crippen molar-refractivity contribution < 1.29 is 0 Å². The molecule has 0 aromatic carbocycles. The smallest absolute Gasteiger partial charge is 0.00954 e. The molecular weight excluding hydrogens is 208 g/mol. The fourth-order valence-electron chi connectivity index (χ4n) is 3.51. The number of nitrogens with zero attached hydrogens (tertiary/aromatic N) is 1. The third-order valence-electron chi connectivity index (χ3n) is 5.17. The summed E-state index contributed by atoms with van der Waals surface area (Å²) in [6, 6.07) is 0.816. The van der Waals surface area contributed by atoms with E-state index in [0.29, 0.717) is 5.41 Å². The lowest BCUT2D eigenvalue weighted by atomic mass is 9.80. The zero-order valence-electron chi connectivity index (χ0n) is 12.0. The molecule has 1 aliphatic carbocycles. The Labute approximate surface area is 107 Å². The summed E-state index contributed by atoms with van der Waals surface area (Å²) in [5.74, 6) is 0.949. The molecule has 0 spiro atoms. The third-order valence-corrected chi connectivity index (χ3v) is 5.17. The molecule has 0 bridgehead atoms. The molecule has 100 valence electrons. The Morgan fingerprint density at radius 1 is 1.24 bits per heavy atom. The van der Waals surface area contributed by atoms with E-state index < -0.39 is 0 Å². The number of piperidine rings is 1. The molecule has 2 aliphatic rings. The van der Waals surface area contributed by atoms with Crippen LogP contribution in [0.4, 0.5) is 0 Å². The molecule has 1 heterocycles. The molecule has 1 aliphatic heterocycles. The highest BCUT2D eigenvalue weighted by Crippen LogP contribution is 2.32. The Morgan fingerprint density at radius 2 is 1.94 bits per heavy atom. The Kier molecular flexibility index (Phi) is 4.48. The van der Waals surface area contributed by atoms with Gasteiger partial charge < -0.3 is 10.2 Å². The van der Waals surface area contributed by atoms with Crippen LogP contribution in [0.3, 0.4) is 0 Å². The van der Waals surface area contributed by atoms with Crippen molar-refractivity contribution in [3.05, 3.63) is 0 Å². The molecule has 0 amide bonds. The van der Waals surface area contributed by atoms with Crippen LogP contribution in [0, 0.1) is 11.3 Å². The van der Waals surface area contributed by atoms with Gasteiger partial charge in [0.05, 0.1) is 0 Å². The Hall–Kier alpha value is -0.0800. The van der Waals surface area contributed by atoms with Crippen molar-refractivity contribution in [1.82, 2.24) is 10.2 Å². The first kappa shape index (κ1) is 13.4. The van der Waals surface area contributed by atoms with Gasteiger partial charge in [-0.15, -0.1) is 0 Å². The second-order valence-electron chi connectivity index (χ2n) is 6.70. The lowest BCUT2D eigenvalue weighted by molar-refractivity contribution is 0.131. The molecule has 1 saturated carbocycles. The summed E-state index contributed by atoms with van der Waals surface area (Å²) in [6.07, 6.45) is 8.38. The fourth-order valence-corrected chi connectivity index (χ4v) is 3.51. The maximum atomic E-state index is 3.89. The highest BCUT2D eigenvalue weighted by Gasteiger charge is 2.31. The number of hydrogen-bond acceptors (Lipinski definition) is 2. The van der Waals surface area contributed by atoms with Crippen molar-refractivity contribution in [2.24, 2.45) is 11.3 Å². The molecule has 2 unspecified atom stereocenters. The maximum Gasteiger partial charge on any atom is 0.00954 e. The lowest BCUT2D eigenvalue weighted by Gasteiger charge is -2.39. The van der Waals surface area contributed by atoms with Gasteiger partial charge in [0.25, 0.3) is 0 Å². The van der Waals surface area contributed by atoms with Crippen molar-refractivity contribution >= 4 is 0 Å². The molecule has 2 rings (SSSR count). The Morgan fingerprint density at radius 3 is 2.59 bits per heavy atom. The molecule has 2 heteroatoms. The van der Waals surface area contributed by atoms with E-state index in [0.717, 1.165) is 12.0 Å². The van der Waals surface area contributed by atoms with E-state index >= 15 is 0 Å². The lowest BCUT2D eigenvalue weighted by Crippen LogP contribution is -2.45. The van der Waals surface area contributed by atoms with Crippen LogP contribution in [-0.4, -0.2) is 37.6 Å². The minimum atomic E-state index is 0.549. The molecule has 2 fully saturated rings. The van der Waals surface area contributed by atoms with E-state index in [1.807, 2.05) is 0 Å². The standard InChI is InChI=1S/C15H30N2/c1-4-13-6-5-7-14(13)16-12-15(2)8-10-17(3)11-9-15/h13-14,16H,4-12H2,1-3H3. The summed E-state index contributed by atoms with van der Waals surface area (Å²) in [6.45, 7) is 8.62. The van der Waals surface area contributed by atoms with Crippen molar-refractivity contribution in [2.75, 3.05) is 26.7 Å². The fraction of sp³-hybridized carbons (Fsp3) is 1.00. The maximum absolute atomic E-state index is 3.89. The third kappa shape index (κ3) is 3.45. The van der Waals surface area contributed by atoms with E-state index in [9.17, 15) is 0 Å². The van der Waals surface area contributed by atoms with Gasteiger partial charge in [-0.2, -0.15) is 0 Å². The predicted molar refractivity (Wildman–Crippen MR) is 74.3 cm³/mol. The van der Waals surface area contributed by atoms with Gasteiger partial charge in [0, 0.05) is 12.6 Å². The highest BCUT2D eigenvalue weighted by molar-refractivity contribution is 4.88. The minimum absolute atomic E-state index is 0.549. The van der Waals surface area contributed by atoms with Gasteiger partial charge in [0.15, 0.2) is 0 Å². The molecule has 2 nitrogen and oxygen atoms in total. The van der Waals surface area contributed by atoms with Crippen LogP contribution in [0.5, 0.6) is 0 Å². The van der Waals surface area contributed by atoms with Gasteiger partial charge in [0.1, 0.15) is 0 Å². The molecule has 0 radical (unpaired) electrons. The van der Waals surface area contributed by atoms with Crippen molar-refractivity contribution in [3.63, 3.8) is 0 Å². The zero-order chi connectivity index (χ0) is 12.3. The van der Waals surface area contributed by atoms with E-state index in [-0.39, 0.29) is 0 Å². The first-order valence-electron chi connectivity index (χ1n) is 7.55. The Bertz CT molecular complexity index is 231. The first-order chi connectivity index (χ1) is 8.13. The largest absolute Gasteiger partial charge is 0.313 e. The van der Waals surface area contributed by atoms with Crippen LogP contribution < -0.4 is 5.32 Å². The SMILES string of the molecule is CCC1CCCC1NCC1(C)CCN(C)CC1. The summed E-state index contributed by atoms with van der Waals surface area (Å²) in [7, 11) is 2.25. The van der Waals surface area contributed by atoms with E-state index in [4.69, 9.17) is 0 Å². The van der Waals surface area contributed by atoms with Gasteiger partial charge in [-0.3, -0.25) is 0 Å². The second-order valence-corrected chi connectivity index (χ2v) is 6.70. The molecule has 17 heavy (non-hydrogen) atoms. The summed E-state index contributed by atoms with van der Waals surface area (Å²) >= 11 is 0. The number of hydrogen-bond donors (Lipinski definition) is 1. The minimum Gasteiger partial charge on any atom is -0.313 e. The van der Waals surface area contributed by atoms with Crippen LogP contribution in [0.2, 0.25) is 0 Å². The first-order valence-corrected chi connectivity index (χ1v) is 7.55. The average molecular weight is 238 g/mol. The van der Waals surface area contributed by atoms with E-state index in [1.54, 1.807) is 0 Å². The average Bonchev–Trinajstić information content (AvgIpc) is 2.78. The van der Waals surface area contributed by atoms with E-state index in [2.05, 4.69) is 31.1 Å². The second kappa shape index (κ2) is 5.71. The number of rotatable bonds is 4. The van der Waals surface area contributed by atoms with Crippen LogP contribution in [-0.2, 0) is 0 Å². The normalized spacial score (nSPS) is 34.1. The zero-order valence-corrected chi connectivity index (χ0v) is 12.0. The number of nitrogens with one attached hydrogen (secondary N) is 1. The van der Waals surface area contributed by atoms with Crippen LogP contribution in [0.1, 0.15) is 52.4 Å². The predicted octanol–water partition coefficient (Wildman–Crippen LogP) is 2.89. The molecule has 0 aromatic heterocycles. The van der Waals surface area contributed by atoms with Crippen molar-refractivity contribution in [1.29, 1.82) is 0 Å². The van der Waals surface area contributed by atoms with Gasteiger partial charge in [-0.1, -0.05) is 26.7 Å². The van der Waals surface area contributed by atoms with E-state index in [1.165, 1.54) is 58.2 Å². The van der Waals surface area contributed by atoms with Crippen molar-refractivity contribution in [3.8, 4) is 0 Å². The topological polar surface area (TPSA) is 15.3 Å². The van der Waals surface area contributed by atoms with Crippen LogP contribution in [0.25, 0.3) is 0 Å². The number of likely N-dealkylation sites (tertiary alicyclic amines) is 1. The van der Waals surface area contributed by atoms with Gasteiger partial charge in [-0.25, -0.2) is 0 Å².